The number of hydrogen-bond donors (Lipinski definition) is 1. The molecule has 0 fully saturated rings. The van der Waals surface area contributed by atoms with Gasteiger partial charge in [-0.3, -0.25) is 4.79 Å². The van der Waals surface area contributed by atoms with Gasteiger partial charge in [-0.2, -0.15) is 0 Å². The van der Waals surface area contributed by atoms with Gasteiger partial charge in [0, 0.05) is 28.6 Å². The highest BCUT2D eigenvalue weighted by molar-refractivity contribution is 6.30. The standard InChI is InChI=1S/C21H19ClN4O/c1-13-7-8-16(22)12-18(13)25-21-23-10-9-17(24-21)20(27)26-14(2)11-15-5-3-4-6-19(15)26/h3-10,12,14H,11H2,1-2H3,(H,23,24,25). The fraction of sp³-hybridized carbons (Fsp3) is 0.190. The molecule has 27 heavy (non-hydrogen) atoms. The number of aryl methyl sites for hydroxylation is 1. The van der Waals surface area contributed by atoms with Crippen LogP contribution in [0.1, 0.15) is 28.5 Å². The van der Waals surface area contributed by atoms with Gasteiger partial charge in [-0.25, -0.2) is 9.97 Å². The number of anilines is 3. The Bertz CT molecular complexity index is 1020. The van der Waals surface area contributed by atoms with Crippen molar-refractivity contribution in [3.8, 4) is 0 Å². The van der Waals surface area contributed by atoms with Crippen LogP contribution in [-0.4, -0.2) is 21.9 Å². The summed E-state index contributed by atoms with van der Waals surface area (Å²) in [6.45, 7) is 4.02. The molecule has 0 saturated carbocycles. The molecule has 3 aromatic rings. The van der Waals surface area contributed by atoms with Gasteiger partial charge in [0.1, 0.15) is 5.69 Å². The lowest BCUT2D eigenvalue weighted by Gasteiger charge is -2.22. The average Bonchev–Trinajstić information content (AvgIpc) is 3.00. The Morgan fingerprint density at radius 2 is 2.04 bits per heavy atom. The highest BCUT2D eigenvalue weighted by Crippen LogP contribution is 2.33. The zero-order valence-electron chi connectivity index (χ0n) is 15.1. The zero-order valence-corrected chi connectivity index (χ0v) is 15.9. The van der Waals surface area contributed by atoms with Crippen LogP contribution in [0.25, 0.3) is 0 Å². The number of para-hydroxylation sites is 1. The Morgan fingerprint density at radius 1 is 1.22 bits per heavy atom. The molecule has 1 atom stereocenters. The van der Waals surface area contributed by atoms with Crippen LogP contribution in [-0.2, 0) is 6.42 Å². The lowest BCUT2D eigenvalue weighted by atomic mass is 10.1. The number of nitrogens with zero attached hydrogens (tertiary/aromatic N) is 3. The second-order valence-corrected chi connectivity index (χ2v) is 7.14. The van der Waals surface area contributed by atoms with Crippen LogP contribution in [0.4, 0.5) is 17.3 Å². The molecule has 0 saturated heterocycles. The van der Waals surface area contributed by atoms with Gasteiger partial charge < -0.3 is 10.2 Å². The van der Waals surface area contributed by atoms with E-state index in [4.69, 9.17) is 11.6 Å². The molecule has 2 aromatic carbocycles. The van der Waals surface area contributed by atoms with Crippen LogP contribution in [0.2, 0.25) is 5.02 Å². The first-order valence-electron chi connectivity index (χ1n) is 8.80. The summed E-state index contributed by atoms with van der Waals surface area (Å²) in [5.74, 6) is 0.243. The summed E-state index contributed by atoms with van der Waals surface area (Å²) in [6, 6.07) is 15.3. The molecule has 1 amide bonds. The van der Waals surface area contributed by atoms with Crippen molar-refractivity contribution in [3.63, 3.8) is 0 Å². The minimum Gasteiger partial charge on any atom is -0.324 e. The van der Waals surface area contributed by atoms with Crippen LogP contribution in [0.3, 0.4) is 0 Å². The van der Waals surface area contributed by atoms with E-state index in [1.165, 1.54) is 5.56 Å². The fourth-order valence-corrected chi connectivity index (χ4v) is 3.56. The largest absolute Gasteiger partial charge is 0.324 e. The summed E-state index contributed by atoms with van der Waals surface area (Å²) in [4.78, 5) is 23.6. The van der Waals surface area contributed by atoms with Gasteiger partial charge in [0.2, 0.25) is 5.95 Å². The second kappa shape index (κ2) is 7.00. The van der Waals surface area contributed by atoms with Crippen LogP contribution in [0, 0.1) is 6.92 Å². The number of amides is 1. The molecule has 5 nitrogen and oxygen atoms in total. The van der Waals surface area contributed by atoms with Crippen molar-refractivity contribution < 1.29 is 4.79 Å². The first-order valence-corrected chi connectivity index (χ1v) is 9.18. The van der Waals surface area contributed by atoms with Gasteiger partial charge in [0.05, 0.1) is 0 Å². The highest BCUT2D eigenvalue weighted by Gasteiger charge is 2.31. The van der Waals surface area contributed by atoms with Crippen LogP contribution in [0.15, 0.2) is 54.7 Å². The van der Waals surface area contributed by atoms with Crippen molar-refractivity contribution in [1.29, 1.82) is 0 Å². The first kappa shape index (κ1) is 17.5. The van der Waals surface area contributed by atoms with E-state index in [1.54, 1.807) is 12.3 Å². The summed E-state index contributed by atoms with van der Waals surface area (Å²) < 4.78 is 0. The van der Waals surface area contributed by atoms with Crippen molar-refractivity contribution >= 4 is 34.8 Å². The maximum atomic E-state index is 13.1. The first-order chi connectivity index (χ1) is 13.0. The third kappa shape index (κ3) is 3.38. The lowest BCUT2D eigenvalue weighted by molar-refractivity contribution is 0.0976. The normalized spacial score (nSPS) is 15.5. The quantitative estimate of drug-likeness (QED) is 0.713. The van der Waals surface area contributed by atoms with E-state index >= 15 is 0 Å². The van der Waals surface area contributed by atoms with Crippen LogP contribution in [0.5, 0.6) is 0 Å². The topological polar surface area (TPSA) is 58.1 Å². The predicted molar refractivity (Wildman–Crippen MR) is 108 cm³/mol. The van der Waals surface area contributed by atoms with E-state index in [0.29, 0.717) is 16.7 Å². The van der Waals surface area contributed by atoms with Gasteiger partial charge in [0.25, 0.3) is 5.91 Å². The Kier molecular flexibility index (Phi) is 4.54. The lowest BCUT2D eigenvalue weighted by Crippen LogP contribution is -2.36. The average molecular weight is 379 g/mol. The number of fused-ring (bicyclic) bond motifs is 1. The Morgan fingerprint density at radius 3 is 2.89 bits per heavy atom. The van der Waals surface area contributed by atoms with Crippen molar-refractivity contribution in [3.05, 3.63) is 76.6 Å². The molecule has 0 radical (unpaired) electrons. The van der Waals surface area contributed by atoms with Gasteiger partial charge in [-0.1, -0.05) is 35.9 Å². The van der Waals surface area contributed by atoms with Crippen molar-refractivity contribution in [1.82, 2.24) is 9.97 Å². The Hall–Kier alpha value is -2.92. The maximum Gasteiger partial charge on any atom is 0.277 e. The number of rotatable bonds is 3. The minimum absolute atomic E-state index is 0.0939. The monoisotopic (exact) mass is 378 g/mol. The van der Waals surface area contributed by atoms with Gasteiger partial charge >= 0.3 is 0 Å². The van der Waals surface area contributed by atoms with E-state index in [0.717, 1.165) is 23.4 Å². The molecule has 0 aliphatic carbocycles. The summed E-state index contributed by atoms with van der Waals surface area (Å²) >= 11 is 6.07. The van der Waals surface area contributed by atoms with E-state index in [1.807, 2.05) is 55.1 Å². The molecule has 1 unspecified atom stereocenters. The third-order valence-corrected chi connectivity index (χ3v) is 4.98. The summed E-state index contributed by atoms with van der Waals surface area (Å²) in [5, 5.41) is 3.77. The van der Waals surface area contributed by atoms with Crippen LogP contribution >= 0.6 is 11.6 Å². The van der Waals surface area contributed by atoms with E-state index in [9.17, 15) is 4.79 Å². The fourth-order valence-electron chi connectivity index (χ4n) is 3.39. The summed E-state index contributed by atoms with van der Waals surface area (Å²) in [6.07, 6.45) is 2.44. The van der Waals surface area contributed by atoms with E-state index in [-0.39, 0.29) is 11.9 Å². The molecule has 2 heterocycles. The maximum absolute atomic E-state index is 13.1. The molecule has 0 bridgehead atoms. The molecule has 1 N–H and O–H groups in total. The van der Waals surface area contributed by atoms with Crippen molar-refractivity contribution in [2.45, 2.75) is 26.3 Å². The molecular formula is C21H19ClN4O. The molecule has 1 aliphatic heterocycles. The minimum atomic E-state index is -0.124. The van der Waals surface area contributed by atoms with Crippen LogP contribution < -0.4 is 10.2 Å². The van der Waals surface area contributed by atoms with Crippen molar-refractivity contribution in [2.24, 2.45) is 0 Å². The predicted octanol–water partition coefficient (Wildman–Crippen LogP) is 4.77. The summed E-state index contributed by atoms with van der Waals surface area (Å²) in [5.41, 5.74) is 4.32. The third-order valence-electron chi connectivity index (χ3n) is 4.75. The van der Waals surface area contributed by atoms with Gasteiger partial charge in [0.15, 0.2) is 0 Å². The smallest absolute Gasteiger partial charge is 0.277 e. The number of benzene rings is 2. The summed E-state index contributed by atoms with van der Waals surface area (Å²) in [7, 11) is 0. The zero-order chi connectivity index (χ0) is 19.0. The number of hydrogen-bond acceptors (Lipinski definition) is 4. The van der Waals surface area contributed by atoms with Crippen molar-refractivity contribution in [2.75, 3.05) is 10.2 Å². The second-order valence-electron chi connectivity index (χ2n) is 6.71. The van der Waals surface area contributed by atoms with Gasteiger partial charge in [-0.15, -0.1) is 0 Å². The number of aromatic nitrogens is 2. The molecule has 4 rings (SSSR count). The number of halogens is 1. The van der Waals surface area contributed by atoms with E-state index in [2.05, 4.69) is 21.4 Å². The molecule has 1 aliphatic rings. The number of carbonyl (C=O) groups excluding carboxylic acids is 1. The molecular weight excluding hydrogens is 360 g/mol. The van der Waals surface area contributed by atoms with Gasteiger partial charge in [-0.05, 0) is 55.7 Å². The Balaban J connectivity index is 1.63. The highest BCUT2D eigenvalue weighted by atomic mass is 35.5. The molecule has 136 valence electrons. The van der Waals surface area contributed by atoms with E-state index < -0.39 is 0 Å². The number of nitrogens with one attached hydrogen (secondary N) is 1. The molecule has 1 aromatic heterocycles. The number of carbonyl (C=O) groups is 1. The Labute approximate surface area is 163 Å². The molecule has 0 spiro atoms. The SMILES string of the molecule is Cc1ccc(Cl)cc1Nc1nccc(C(=O)N2c3ccccc3CC2C)n1. The molecule has 6 heteroatoms.